The third kappa shape index (κ3) is 1.17. The second-order valence-electron chi connectivity index (χ2n) is 2.62. The highest BCUT2D eigenvalue weighted by molar-refractivity contribution is 5.90. The first kappa shape index (κ1) is 8.49. The van der Waals surface area contributed by atoms with E-state index in [9.17, 15) is 4.79 Å². The molecule has 2 heterocycles. The van der Waals surface area contributed by atoms with E-state index in [4.69, 9.17) is 9.84 Å². The second-order valence-corrected chi connectivity index (χ2v) is 2.62. The molecule has 0 aliphatic heterocycles. The van der Waals surface area contributed by atoms with E-state index in [0.717, 1.165) is 0 Å². The molecule has 2 aromatic heterocycles. The van der Waals surface area contributed by atoms with Gasteiger partial charge in [-0.25, -0.2) is 14.8 Å². The van der Waals surface area contributed by atoms with Crippen molar-refractivity contribution in [3.63, 3.8) is 0 Å². The van der Waals surface area contributed by atoms with Crippen LogP contribution in [0.2, 0.25) is 0 Å². The second kappa shape index (κ2) is 2.99. The number of carboxylic acids is 1. The van der Waals surface area contributed by atoms with Crippen LogP contribution in [0, 0.1) is 0 Å². The first-order chi connectivity index (χ1) is 6.72. The quantitative estimate of drug-likeness (QED) is 0.731. The number of imidazole rings is 1. The van der Waals surface area contributed by atoms with Crippen molar-refractivity contribution < 1.29 is 14.6 Å². The summed E-state index contributed by atoms with van der Waals surface area (Å²) in [6.07, 6.45) is 1.44. The summed E-state index contributed by atoms with van der Waals surface area (Å²) in [4.78, 5) is 21.2. The molecule has 2 N–H and O–H groups in total. The van der Waals surface area contributed by atoms with Gasteiger partial charge < -0.3 is 14.8 Å². The standard InChI is InChI=1S/C8H7N3O3/c1-14-5-2-4(8(12)13)11-7-6(5)9-3-10-7/h2-3H,1H3,(H,12,13)(H,9,10,11). The van der Waals surface area contributed by atoms with Gasteiger partial charge in [0.1, 0.15) is 11.3 Å². The summed E-state index contributed by atoms with van der Waals surface area (Å²) >= 11 is 0. The van der Waals surface area contributed by atoms with Crippen molar-refractivity contribution in [1.82, 2.24) is 15.0 Å². The van der Waals surface area contributed by atoms with Gasteiger partial charge in [0.05, 0.1) is 13.4 Å². The first-order valence-electron chi connectivity index (χ1n) is 3.84. The van der Waals surface area contributed by atoms with Crippen LogP contribution in [-0.2, 0) is 0 Å². The molecule has 0 aliphatic carbocycles. The molecule has 6 nitrogen and oxygen atoms in total. The van der Waals surface area contributed by atoms with Crippen molar-refractivity contribution in [3.05, 3.63) is 18.1 Å². The minimum absolute atomic E-state index is 0.0820. The molecule has 0 amide bonds. The lowest BCUT2D eigenvalue weighted by Crippen LogP contribution is -2.01. The zero-order valence-corrected chi connectivity index (χ0v) is 7.31. The van der Waals surface area contributed by atoms with Gasteiger partial charge in [-0.05, 0) is 0 Å². The predicted molar refractivity (Wildman–Crippen MR) is 47.4 cm³/mol. The fraction of sp³-hybridized carbons (Fsp3) is 0.125. The molecule has 0 aromatic carbocycles. The molecule has 2 aromatic rings. The molecule has 0 aliphatic rings. The Morgan fingerprint density at radius 2 is 2.43 bits per heavy atom. The van der Waals surface area contributed by atoms with E-state index in [1.807, 2.05) is 0 Å². The number of hydrogen-bond donors (Lipinski definition) is 2. The maximum Gasteiger partial charge on any atom is 0.354 e. The minimum atomic E-state index is -1.10. The molecule has 72 valence electrons. The number of H-pyrrole nitrogens is 1. The molecule has 0 unspecified atom stereocenters. The Morgan fingerprint density at radius 3 is 3.07 bits per heavy atom. The lowest BCUT2D eigenvalue weighted by molar-refractivity contribution is 0.0690. The van der Waals surface area contributed by atoms with Gasteiger partial charge >= 0.3 is 5.97 Å². The number of aromatic amines is 1. The number of fused-ring (bicyclic) bond motifs is 1. The van der Waals surface area contributed by atoms with E-state index in [-0.39, 0.29) is 5.69 Å². The first-order valence-corrected chi connectivity index (χ1v) is 3.84. The zero-order chi connectivity index (χ0) is 10.1. The Bertz CT molecular complexity index is 492. The van der Waals surface area contributed by atoms with Crippen LogP contribution in [0.15, 0.2) is 12.4 Å². The van der Waals surface area contributed by atoms with Crippen molar-refractivity contribution >= 4 is 17.1 Å². The highest BCUT2D eigenvalue weighted by Gasteiger charge is 2.12. The number of hydrogen-bond acceptors (Lipinski definition) is 4. The Kier molecular flexibility index (Phi) is 1.81. The van der Waals surface area contributed by atoms with Gasteiger partial charge in [-0.15, -0.1) is 0 Å². The van der Waals surface area contributed by atoms with E-state index in [2.05, 4.69) is 15.0 Å². The molecule has 2 rings (SSSR count). The monoisotopic (exact) mass is 193 g/mol. The number of nitrogens with one attached hydrogen (secondary N) is 1. The average molecular weight is 193 g/mol. The smallest absolute Gasteiger partial charge is 0.354 e. The average Bonchev–Trinajstić information content (AvgIpc) is 2.63. The lowest BCUT2D eigenvalue weighted by Gasteiger charge is -2.01. The third-order valence-electron chi connectivity index (χ3n) is 1.80. The largest absolute Gasteiger partial charge is 0.494 e. The molecule has 0 radical (unpaired) electrons. The van der Waals surface area contributed by atoms with Gasteiger partial charge in [0.25, 0.3) is 0 Å². The van der Waals surface area contributed by atoms with E-state index < -0.39 is 5.97 Å². The molecule has 0 bridgehead atoms. The third-order valence-corrected chi connectivity index (χ3v) is 1.80. The number of aromatic carboxylic acids is 1. The molecule has 0 saturated carbocycles. The van der Waals surface area contributed by atoms with Gasteiger partial charge in [0.2, 0.25) is 0 Å². The van der Waals surface area contributed by atoms with Gasteiger partial charge in [0.15, 0.2) is 11.3 Å². The van der Waals surface area contributed by atoms with Crippen molar-refractivity contribution in [1.29, 1.82) is 0 Å². The van der Waals surface area contributed by atoms with Crippen LogP contribution in [0.3, 0.4) is 0 Å². The molecule has 0 saturated heterocycles. The number of nitrogens with zero attached hydrogens (tertiary/aromatic N) is 2. The fourth-order valence-electron chi connectivity index (χ4n) is 1.17. The SMILES string of the molecule is COc1cc(C(=O)O)nc2nc[nH]c12. The van der Waals surface area contributed by atoms with Crippen molar-refractivity contribution in [3.8, 4) is 5.75 Å². The van der Waals surface area contributed by atoms with Crippen molar-refractivity contribution in [2.75, 3.05) is 7.11 Å². The number of ether oxygens (including phenoxy) is 1. The Labute approximate surface area is 78.6 Å². The van der Waals surface area contributed by atoms with Crippen LogP contribution in [0.1, 0.15) is 10.5 Å². The predicted octanol–water partition coefficient (Wildman–Crippen LogP) is 0.665. The number of aromatic nitrogens is 3. The molecule has 6 heteroatoms. The molecule has 0 atom stereocenters. The molecule has 14 heavy (non-hydrogen) atoms. The summed E-state index contributed by atoms with van der Waals surface area (Å²) < 4.78 is 5.00. The Hall–Kier alpha value is -2.11. The molecular weight excluding hydrogens is 186 g/mol. The number of rotatable bonds is 2. The number of pyridine rings is 1. The van der Waals surface area contributed by atoms with Crippen molar-refractivity contribution in [2.24, 2.45) is 0 Å². The van der Waals surface area contributed by atoms with Crippen LogP contribution < -0.4 is 4.74 Å². The van der Waals surface area contributed by atoms with E-state index in [0.29, 0.717) is 16.9 Å². The zero-order valence-electron chi connectivity index (χ0n) is 7.31. The van der Waals surface area contributed by atoms with Crippen molar-refractivity contribution in [2.45, 2.75) is 0 Å². The summed E-state index contributed by atoms with van der Waals surface area (Å²) in [7, 11) is 1.46. The Morgan fingerprint density at radius 1 is 1.64 bits per heavy atom. The maximum absolute atomic E-state index is 10.7. The number of carboxylic acid groups (broad SMARTS) is 1. The molecule has 0 fully saturated rings. The lowest BCUT2D eigenvalue weighted by atomic mass is 10.3. The maximum atomic E-state index is 10.7. The van der Waals surface area contributed by atoms with Crippen LogP contribution in [0.5, 0.6) is 5.75 Å². The van der Waals surface area contributed by atoms with E-state index >= 15 is 0 Å². The highest BCUT2D eigenvalue weighted by atomic mass is 16.5. The highest BCUT2D eigenvalue weighted by Crippen LogP contribution is 2.21. The van der Waals surface area contributed by atoms with E-state index in [1.54, 1.807) is 0 Å². The summed E-state index contributed by atoms with van der Waals surface area (Å²) in [5.74, 6) is -0.682. The van der Waals surface area contributed by atoms with E-state index in [1.165, 1.54) is 19.5 Å². The summed E-state index contributed by atoms with van der Waals surface area (Å²) in [6, 6.07) is 1.35. The minimum Gasteiger partial charge on any atom is -0.494 e. The summed E-state index contributed by atoms with van der Waals surface area (Å²) in [6.45, 7) is 0. The number of methoxy groups -OCH3 is 1. The number of carbonyl (C=O) groups is 1. The topological polar surface area (TPSA) is 88.1 Å². The van der Waals surface area contributed by atoms with Gasteiger partial charge in [-0.2, -0.15) is 0 Å². The normalized spacial score (nSPS) is 10.4. The van der Waals surface area contributed by atoms with Crippen LogP contribution in [0.4, 0.5) is 0 Å². The fourth-order valence-corrected chi connectivity index (χ4v) is 1.17. The Balaban J connectivity index is 2.73. The molecular formula is C8H7N3O3. The van der Waals surface area contributed by atoms with Crippen LogP contribution in [0.25, 0.3) is 11.2 Å². The van der Waals surface area contributed by atoms with Crippen LogP contribution in [-0.4, -0.2) is 33.1 Å². The summed E-state index contributed by atoms with van der Waals surface area (Å²) in [5.41, 5.74) is 0.848. The van der Waals surface area contributed by atoms with Gasteiger partial charge in [-0.1, -0.05) is 0 Å². The van der Waals surface area contributed by atoms with Crippen LogP contribution >= 0.6 is 0 Å². The van der Waals surface area contributed by atoms with Gasteiger partial charge in [0, 0.05) is 6.07 Å². The summed E-state index contributed by atoms with van der Waals surface area (Å²) in [5, 5.41) is 8.75. The van der Waals surface area contributed by atoms with Gasteiger partial charge in [-0.3, -0.25) is 0 Å². The molecule has 0 spiro atoms.